The molecule has 12 aromatic rings. The van der Waals surface area contributed by atoms with Gasteiger partial charge in [0.15, 0.2) is 0 Å². The summed E-state index contributed by atoms with van der Waals surface area (Å²) in [6.45, 7) is 4.71. The first-order valence-electron chi connectivity index (χ1n) is 21.4. The van der Waals surface area contributed by atoms with Crippen molar-refractivity contribution in [3.05, 3.63) is 211 Å². The summed E-state index contributed by atoms with van der Waals surface area (Å²) >= 11 is 1.88. The number of hydrogen-bond acceptors (Lipinski definition) is 3. The van der Waals surface area contributed by atoms with Gasteiger partial charge in [-0.15, -0.1) is 11.3 Å². The Balaban J connectivity index is 1.07. The van der Waals surface area contributed by atoms with E-state index in [1.807, 2.05) is 17.4 Å². The highest BCUT2D eigenvalue weighted by atomic mass is 32.1. The summed E-state index contributed by atoms with van der Waals surface area (Å²) in [5, 5.41) is 9.89. The molecule has 0 amide bonds. The molecule has 0 saturated carbocycles. The molecule has 10 aromatic carbocycles. The first-order valence-corrected chi connectivity index (χ1v) is 22.2. The van der Waals surface area contributed by atoms with Crippen molar-refractivity contribution in [3.8, 4) is 33.4 Å². The third-order valence-electron chi connectivity index (χ3n) is 13.4. The Morgan fingerprint density at radius 2 is 1.06 bits per heavy atom. The fraction of sp³-hybridized carbons (Fsp3) is 0.0508. The van der Waals surface area contributed by atoms with Crippen LogP contribution in [-0.4, -0.2) is 0 Å². The molecule has 1 aliphatic carbocycles. The zero-order valence-electron chi connectivity index (χ0n) is 34.3. The molecule has 3 heteroatoms. The fourth-order valence-corrected chi connectivity index (χ4v) is 11.7. The van der Waals surface area contributed by atoms with Gasteiger partial charge in [-0.1, -0.05) is 147 Å². The van der Waals surface area contributed by atoms with E-state index in [0.717, 1.165) is 44.6 Å². The van der Waals surface area contributed by atoms with Gasteiger partial charge in [-0.25, -0.2) is 0 Å². The van der Waals surface area contributed by atoms with Gasteiger partial charge >= 0.3 is 0 Å². The number of hydrogen-bond donors (Lipinski definition) is 0. The van der Waals surface area contributed by atoms with Crippen LogP contribution in [0.3, 0.4) is 0 Å². The Hall–Kier alpha value is -7.46. The Morgan fingerprint density at radius 1 is 0.403 bits per heavy atom. The van der Waals surface area contributed by atoms with Crippen LogP contribution in [-0.2, 0) is 5.41 Å². The minimum Gasteiger partial charge on any atom is -0.456 e. The summed E-state index contributed by atoms with van der Waals surface area (Å²) in [7, 11) is 0. The van der Waals surface area contributed by atoms with E-state index >= 15 is 0 Å². The van der Waals surface area contributed by atoms with Crippen molar-refractivity contribution >= 4 is 92.1 Å². The molecular weight excluding hydrogens is 771 g/mol. The lowest BCUT2D eigenvalue weighted by molar-refractivity contribution is 0.660. The molecule has 0 unspecified atom stereocenters. The molecule has 2 aromatic heterocycles. The summed E-state index contributed by atoms with van der Waals surface area (Å²) < 4.78 is 9.12. The maximum atomic E-state index is 6.53. The molecule has 0 atom stereocenters. The van der Waals surface area contributed by atoms with Crippen LogP contribution in [0.1, 0.15) is 25.0 Å². The van der Waals surface area contributed by atoms with E-state index in [1.54, 1.807) is 0 Å². The second-order valence-electron chi connectivity index (χ2n) is 17.2. The van der Waals surface area contributed by atoms with Crippen molar-refractivity contribution in [1.82, 2.24) is 0 Å². The van der Waals surface area contributed by atoms with Crippen LogP contribution in [0.2, 0.25) is 0 Å². The minimum atomic E-state index is -0.144. The van der Waals surface area contributed by atoms with E-state index in [0.29, 0.717) is 0 Å². The molecule has 0 N–H and O–H groups in total. The van der Waals surface area contributed by atoms with Crippen LogP contribution < -0.4 is 4.90 Å². The highest BCUT2D eigenvalue weighted by Gasteiger charge is 2.36. The number of rotatable bonds is 5. The molecule has 1 aliphatic rings. The van der Waals surface area contributed by atoms with Gasteiger partial charge in [-0.2, -0.15) is 0 Å². The van der Waals surface area contributed by atoms with Gasteiger partial charge in [0.2, 0.25) is 0 Å². The van der Waals surface area contributed by atoms with Gasteiger partial charge in [0.05, 0.1) is 0 Å². The van der Waals surface area contributed by atoms with Gasteiger partial charge < -0.3 is 9.32 Å². The number of benzene rings is 10. The SMILES string of the molecule is CC1(C)c2ccccc2-c2ccc(N(c3cccc(-c4ccc5sc6ccccc6c5c4-c4cc5ccccc5c5ccccc45)c3)c3ccc4c(c3)oc3ccccc34)cc21. The number of thiophene rings is 1. The zero-order valence-corrected chi connectivity index (χ0v) is 35.1. The molecule has 292 valence electrons. The van der Waals surface area contributed by atoms with E-state index in [4.69, 9.17) is 4.42 Å². The summed E-state index contributed by atoms with van der Waals surface area (Å²) in [5.41, 5.74) is 15.1. The van der Waals surface area contributed by atoms with Crippen molar-refractivity contribution < 1.29 is 4.42 Å². The monoisotopic (exact) mass is 809 g/mol. The number of furan rings is 1. The van der Waals surface area contributed by atoms with Crippen LogP contribution in [0.5, 0.6) is 0 Å². The van der Waals surface area contributed by atoms with Gasteiger partial charge in [0.1, 0.15) is 11.2 Å². The minimum absolute atomic E-state index is 0.144. The first-order chi connectivity index (χ1) is 30.5. The molecule has 13 rings (SSSR count). The maximum absolute atomic E-state index is 6.53. The standard InChI is InChI=1S/C59H39NOS/c1-59(2)51-23-10-7-20-45(51)46-28-26-39(34-52(46)59)60(40-27-29-48-47-21-8-11-24-53(47)61-54(48)35-40)38-16-13-15-36(32-38)42-30-31-56-58(49-22-9-12-25-55(49)62-56)57(42)50-33-37-14-3-4-17-41(37)43-18-5-6-19-44(43)50/h3-35H,1-2H3. The molecule has 0 fully saturated rings. The molecule has 0 spiro atoms. The van der Waals surface area contributed by atoms with Gasteiger partial charge in [-0.3, -0.25) is 0 Å². The van der Waals surface area contributed by atoms with Gasteiger partial charge in [0.25, 0.3) is 0 Å². The zero-order chi connectivity index (χ0) is 41.1. The molecule has 2 nitrogen and oxygen atoms in total. The highest BCUT2D eigenvalue weighted by molar-refractivity contribution is 7.26. The number of anilines is 3. The Bertz CT molecular complexity index is 3810. The smallest absolute Gasteiger partial charge is 0.137 e. The lowest BCUT2D eigenvalue weighted by atomic mass is 9.82. The van der Waals surface area contributed by atoms with Crippen LogP contribution in [0.4, 0.5) is 17.1 Å². The van der Waals surface area contributed by atoms with E-state index in [1.165, 1.54) is 80.7 Å². The molecule has 62 heavy (non-hydrogen) atoms. The molecular formula is C59H39NOS. The quantitative estimate of drug-likeness (QED) is 0.161. The maximum Gasteiger partial charge on any atom is 0.137 e. The van der Waals surface area contributed by atoms with Crippen molar-refractivity contribution in [3.63, 3.8) is 0 Å². The summed E-state index contributed by atoms with van der Waals surface area (Å²) in [5.74, 6) is 0. The second kappa shape index (κ2) is 13.3. The lowest BCUT2D eigenvalue weighted by Gasteiger charge is -2.28. The third kappa shape index (κ3) is 5.16. The average molecular weight is 810 g/mol. The second-order valence-corrected chi connectivity index (χ2v) is 18.3. The first kappa shape index (κ1) is 35.3. The largest absolute Gasteiger partial charge is 0.456 e. The molecule has 0 radical (unpaired) electrons. The normalized spacial score (nSPS) is 13.1. The van der Waals surface area contributed by atoms with Gasteiger partial charge in [-0.05, 0) is 127 Å². The predicted octanol–water partition coefficient (Wildman–Crippen LogP) is 17.4. The van der Waals surface area contributed by atoms with Crippen LogP contribution >= 0.6 is 11.3 Å². The summed E-state index contributed by atoms with van der Waals surface area (Å²) in [6, 6.07) is 73.8. The highest BCUT2D eigenvalue weighted by Crippen LogP contribution is 2.52. The van der Waals surface area contributed by atoms with Crippen LogP contribution in [0.15, 0.2) is 205 Å². The topological polar surface area (TPSA) is 16.4 Å². The van der Waals surface area contributed by atoms with Crippen LogP contribution in [0.25, 0.3) is 97.0 Å². The fourth-order valence-electron chi connectivity index (χ4n) is 10.5. The molecule has 2 heterocycles. The van der Waals surface area contributed by atoms with Gasteiger partial charge in [0, 0.05) is 59.5 Å². The van der Waals surface area contributed by atoms with E-state index in [2.05, 4.69) is 213 Å². The average Bonchev–Trinajstić information content (AvgIpc) is 3.96. The van der Waals surface area contributed by atoms with Crippen molar-refractivity contribution in [1.29, 1.82) is 0 Å². The Morgan fingerprint density at radius 3 is 1.97 bits per heavy atom. The number of para-hydroxylation sites is 1. The summed E-state index contributed by atoms with van der Waals surface area (Å²) in [6.07, 6.45) is 0. The Labute approximate surface area is 363 Å². The van der Waals surface area contributed by atoms with Crippen molar-refractivity contribution in [2.75, 3.05) is 4.90 Å². The number of nitrogens with zero attached hydrogens (tertiary/aromatic N) is 1. The van der Waals surface area contributed by atoms with E-state index in [-0.39, 0.29) is 5.41 Å². The third-order valence-corrected chi connectivity index (χ3v) is 14.6. The predicted molar refractivity (Wildman–Crippen MR) is 265 cm³/mol. The summed E-state index contributed by atoms with van der Waals surface area (Å²) in [4.78, 5) is 2.42. The van der Waals surface area contributed by atoms with Crippen LogP contribution in [0, 0.1) is 0 Å². The Kier molecular flexibility index (Phi) is 7.56. The number of fused-ring (bicyclic) bond motifs is 12. The molecule has 0 saturated heterocycles. The molecule has 0 aliphatic heterocycles. The van der Waals surface area contributed by atoms with E-state index < -0.39 is 0 Å². The lowest BCUT2D eigenvalue weighted by Crippen LogP contribution is -2.16. The van der Waals surface area contributed by atoms with E-state index in [9.17, 15) is 0 Å². The molecule has 0 bridgehead atoms. The van der Waals surface area contributed by atoms with Crippen molar-refractivity contribution in [2.24, 2.45) is 0 Å². The van der Waals surface area contributed by atoms with Crippen molar-refractivity contribution in [2.45, 2.75) is 19.3 Å².